The molecule has 2 unspecified atom stereocenters. The SMILES string of the molecule is CCCn1c(=O)n(CCC(=O)NC2CCCNC2C)c2ccccc21.Cl. The van der Waals surface area contributed by atoms with Crippen molar-refractivity contribution in [2.45, 2.75) is 64.7 Å². The van der Waals surface area contributed by atoms with Crippen molar-refractivity contribution in [3.63, 3.8) is 0 Å². The predicted molar refractivity (Wildman–Crippen MR) is 107 cm³/mol. The van der Waals surface area contributed by atoms with Crippen LogP contribution in [0.3, 0.4) is 0 Å². The van der Waals surface area contributed by atoms with E-state index < -0.39 is 0 Å². The van der Waals surface area contributed by atoms with Crippen LogP contribution in [0.4, 0.5) is 0 Å². The molecular weight excluding hydrogens is 352 g/mol. The van der Waals surface area contributed by atoms with Crippen LogP contribution in [-0.2, 0) is 17.9 Å². The van der Waals surface area contributed by atoms with Gasteiger partial charge in [-0.15, -0.1) is 12.4 Å². The summed E-state index contributed by atoms with van der Waals surface area (Å²) >= 11 is 0. The van der Waals surface area contributed by atoms with Gasteiger partial charge >= 0.3 is 5.69 Å². The Kier molecular flexibility index (Phi) is 7.29. The van der Waals surface area contributed by atoms with E-state index in [1.165, 1.54) is 0 Å². The third-order valence-electron chi connectivity index (χ3n) is 5.04. The highest BCUT2D eigenvalue weighted by Gasteiger charge is 2.22. The van der Waals surface area contributed by atoms with Crippen molar-refractivity contribution >= 4 is 29.3 Å². The molecule has 1 saturated heterocycles. The van der Waals surface area contributed by atoms with E-state index >= 15 is 0 Å². The number of carbonyl (C=O) groups excluding carboxylic acids is 1. The number of nitrogens with zero attached hydrogens (tertiary/aromatic N) is 2. The lowest BCUT2D eigenvalue weighted by Gasteiger charge is -2.30. The second kappa shape index (κ2) is 9.24. The highest BCUT2D eigenvalue weighted by molar-refractivity contribution is 5.85. The van der Waals surface area contributed by atoms with Crippen LogP contribution >= 0.6 is 12.4 Å². The van der Waals surface area contributed by atoms with Crippen LogP contribution in [0.2, 0.25) is 0 Å². The molecule has 1 amide bonds. The molecule has 2 atom stereocenters. The molecule has 0 saturated carbocycles. The largest absolute Gasteiger partial charge is 0.352 e. The van der Waals surface area contributed by atoms with E-state index in [1.807, 2.05) is 24.3 Å². The first-order chi connectivity index (χ1) is 12.1. The maximum Gasteiger partial charge on any atom is 0.329 e. The third kappa shape index (κ3) is 4.30. The van der Waals surface area contributed by atoms with Gasteiger partial charge in [0.1, 0.15) is 0 Å². The third-order valence-corrected chi connectivity index (χ3v) is 5.04. The Morgan fingerprint density at radius 2 is 1.88 bits per heavy atom. The molecular formula is C19H29ClN4O2. The number of carbonyl (C=O) groups is 1. The summed E-state index contributed by atoms with van der Waals surface area (Å²) < 4.78 is 3.54. The van der Waals surface area contributed by atoms with E-state index in [2.05, 4.69) is 24.5 Å². The Morgan fingerprint density at radius 1 is 1.23 bits per heavy atom. The van der Waals surface area contributed by atoms with Gasteiger partial charge in [-0.05, 0) is 44.9 Å². The summed E-state index contributed by atoms with van der Waals surface area (Å²) in [5.41, 5.74) is 1.82. The molecule has 1 aliphatic heterocycles. The van der Waals surface area contributed by atoms with Crippen molar-refractivity contribution in [1.82, 2.24) is 19.8 Å². The van der Waals surface area contributed by atoms with Crippen LogP contribution in [0.5, 0.6) is 0 Å². The minimum atomic E-state index is -0.0245. The number of benzene rings is 1. The number of halogens is 1. The Hall–Kier alpha value is -1.79. The van der Waals surface area contributed by atoms with E-state index in [4.69, 9.17) is 0 Å². The standard InChI is InChI=1S/C19H28N4O2.ClH/c1-3-12-22-16-8-4-5-9-17(16)23(19(22)25)13-10-18(24)21-15-7-6-11-20-14(15)2;/h4-5,8-9,14-15,20H,3,6-7,10-13H2,1-2H3,(H,21,24);1H. The van der Waals surface area contributed by atoms with Gasteiger partial charge in [-0.25, -0.2) is 4.79 Å². The first-order valence-electron chi connectivity index (χ1n) is 9.32. The summed E-state index contributed by atoms with van der Waals surface area (Å²) in [7, 11) is 0. The van der Waals surface area contributed by atoms with Crippen molar-refractivity contribution in [3.8, 4) is 0 Å². The Labute approximate surface area is 160 Å². The van der Waals surface area contributed by atoms with Gasteiger partial charge in [0.2, 0.25) is 5.91 Å². The average molecular weight is 381 g/mol. The summed E-state index contributed by atoms with van der Waals surface area (Å²) in [6.45, 7) is 6.29. The molecule has 0 spiro atoms. The molecule has 0 aliphatic carbocycles. The number of aryl methyl sites for hydroxylation is 2. The molecule has 1 aromatic carbocycles. The van der Waals surface area contributed by atoms with Gasteiger partial charge in [-0.1, -0.05) is 19.1 Å². The predicted octanol–water partition coefficient (Wildman–Crippen LogP) is 2.28. The van der Waals surface area contributed by atoms with E-state index in [9.17, 15) is 9.59 Å². The lowest BCUT2D eigenvalue weighted by atomic mass is 10.00. The molecule has 1 fully saturated rings. The number of amides is 1. The summed E-state index contributed by atoms with van der Waals surface area (Å²) in [4.78, 5) is 25.1. The maximum absolute atomic E-state index is 12.7. The summed E-state index contributed by atoms with van der Waals surface area (Å²) in [5, 5.41) is 6.50. The fraction of sp³-hybridized carbons (Fsp3) is 0.579. The molecule has 2 aromatic rings. The number of hydrogen-bond donors (Lipinski definition) is 2. The smallest absolute Gasteiger partial charge is 0.329 e. The summed E-state index contributed by atoms with van der Waals surface area (Å²) in [6, 6.07) is 8.28. The number of piperidine rings is 1. The molecule has 26 heavy (non-hydrogen) atoms. The quantitative estimate of drug-likeness (QED) is 0.807. The van der Waals surface area contributed by atoms with Crippen molar-refractivity contribution in [1.29, 1.82) is 0 Å². The van der Waals surface area contributed by atoms with Crippen LogP contribution in [0.25, 0.3) is 11.0 Å². The lowest BCUT2D eigenvalue weighted by Crippen LogP contribution is -2.52. The summed E-state index contributed by atoms with van der Waals surface area (Å²) in [5.74, 6) is 0.0137. The first-order valence-corrected chi connectivity index (χ1v) is 9.32. The van der Waals surface area contributed by atoms with E-state index in [0.717, 1.165) is 36.8 Å². The normalized spacial score (nSPS) is 19.9. The molecule has 6 nitrogen and oxygen atoms in total. The highest BCUT2D eigenvalue weighted by Crippen LogP contribution is 2.14. The maximum atomic E-state index is 12.7. The Morgan fingerprint density at radius 3 is 2.50 bits per heavy atom. The Bertz CT molecular complexity index is 798. The number of imidazole rings is 1. The highest BCUT2D eigenvalue weighted by atomic mass is 35.5. The van der Waals surface area contributed by atoms with Crippen LogP contribution in [0, 0.1) is 0 Å². The lowest BCUT2D eigenvalue weighted by molar-refractivity contribution is -0.122. The van der Waals surface area contributed by atoms with Crippen LogP contribution in [-0.4, -0.2) is 33.7 Å². The van der Waals surface area contributed by atoms with E-state index in [0.29, 0.717) is 25.6 Å². The van der Waals surface area contributed by atoms with Gasteiger partial charge in [0.25, 0.3) is 0 Å². The zero-order chi connectivity index (χ0) is 17.8. The van der Waals surface area contributed by atoms with Gasteiger partial charge in [-0.3, -0.25) is 13.9 Å². The molecule has 0 radical (unpaired) electrons. The number of para-hydroxylation sites is 2. The van der Waals surface area contributed by atoms with Gasteiger partial charge in [0.05, 0.1) is 11.0 Å². The molecule has 3 rings (SSSR count). The van der Waals surface area contributed by atoms with Crippen LogP contribution in [0.1, 0.15) is 39.5 Å². The van der Waals surface area contributed by atoms with Crippen LogP contribution < -0.4 is 16.3 Å². The van der Waals surface area contributed by atoms with E-state index in [1.54, 1.807) is 9.13 Å². The van der Waals surface area contributed by atoms with Crippen LogP contribution in [0.15, 0.2) is 29.1 Å². The van der Waals surface area contributed by atoms with E-state index in [-0.39, 0.29) is 30.0 Å². The molecule has 7 heteroatoms. The number of aromatic nitrogens is 2. The fourth-order valence-electron chi connectivity index (χ4n) is 3.66. The van der Waals surface area contributed by atoms with Gasteiger partial charge in [0.15, 0.2) is 0 Å². The number of hydrogen-bond acceptors (Lipinski definition) is 3. The number of nitrogens with one attached hydrogen (secondary N) is 2. The van der Waals surface area contributed by atoms with Gasteiger partial charge in [-0.2, -0.15) is 0 Å². The second-order valence-corrected chi connectivity index (χ2v) is 6.88. The van der Waals surface area contributed by atoms with Crippen molar-refractivity contribution < 1.29 is 4.79 Å². The number of rotatable bonds is 6. The second-order valence-electron chi connectivity index (χ2n) is 6.88. The van der Waals surface area contributed by atoms with Crippen molar-refractivity contribution in [2.75, 3.05) is 6.54 Å². The number of fused-ring (bicyclic) bond motifs is 1. The molecule has 144 valence electrons. The van der Waals surface area contributed by atoms with Crippen molar-refractivity contribution in [3.05, 3.63) is 34.7 Å². The molecule has 0 bridgehead atoms. The average Bonchev–Trinajstić information content (AvgIpc) is 2.88. The van der Waals surface area contributed by atoms with Gasteiger partial charge in [0, 0.05) is 31.6 Å². The zero-order valence-corrected chi connectivity index (χ0v) is 16.3. The fourth-order valence-corrected chi connectivity index (χ4v) is 3.66. The van der Waals surface area contributed by atoms with Gasteiger partial charge < -0.3 is 10.6 Å². The van der Waals surface area contributed by atoms with Crippen molar-refractivity contribution in [2.24, 2.45) is 0 Å². The first kappa shape index (κ1) is 20.5. The zero-order valence-electron chi connectivity index (χ0n) is 15.5. The summed E-state index contributed by atoms with van der Waals surface area (Å²) in [6.07, 6.45) is 3.32. The Balaban J connectivity index is 0.00000243. The monoisotopic (exact) mass is 380 g/mol. The minimum absolute atomic E-state index is 0. The molecule has 2 N–H and O–H groups in total. The topological polar surface area (TPSA) is 68.1 Å². The molecule has 2 heterocycles. The molecule has 1 aromatic heterocycles. The molecule has 1 aliphatic rings. The minimum Gasteiger partial charge on any atom is -0.352 e.